The number of nitrogens with one attached hydrogen (secondary N) is 1. The van der Waals surface area contributed by atoms with Crippen molar-refractivity contribution in [1.29, 1.82) is 0 Å². The molecule has 1 rings (SSSR count). The molecule has 1 heterocycles. The molecule has 1 aromatic heterocycles. The number of carbonyl (C=O) groups excluding carboxylic acids is 1. The second kappa shape index (κ2) is 4.97. The highest BCUT2D eigenvalue weighted by Gasteiger charge is 2.16. The molecule has 0 aliphatic carbocycles. The van der Waals surface area contributed by atoms with Crippen LogP contribution in [0.3, 0.4) is 0 Å². The number of hydrogen-bond donors (Lipinski definition) is 2. The van der Waals surface area contributed by atoms with E-state index >= 15 is 0 Å². The van der Waals surface area contributed by atoms with Crippen LogP contribution in [0.2, 0.25) is 5.02 Å². The molecular formula is C8H8ClNO3S. The first-order valence-electron chi connectivity index (χ1n) is 3.79. The zero-order valence-electron chi connectivity index (χ0n) is 7.07. The van der Waals surface area contributed by atoms with Gasteiger partial charge in [-0.25, -0.2) is 0 Å². The third-order valence-corrected chi connectivity index (χ3v) is 2.97. The Morgan fingerprint density at radius 1 is 1.79 bits per heavy atom. The summed E-state index contributed by atoms with van der Waals surface area (Å²) in [5.41, 5.74) is 0. The first kappa shape index (κ1) is 11.0. The van der Waals surface area contributed by atoms with Crippen molar-refractivity contribution in [2.75, 3.05) is 0 Å². The first-order chi connectivity index (χ1) is 6.63. The molecule has 1 unspecified atom stereocenters. The lowest BCUT2D eigenvalue weighted by Gasteiger charge is -2.10. The third-order valence-electron chi connectivity index (χ3n) is 1.58. The average Bonchev–Trinajstić information content (AvgIpc) is 2.50. The SMILES string of the molecule is O=CNC(CC(=O)O)c1cc(Cl)cs1. The Labute approximate surface area is 89.5 Å². The number of aliphatic carboxylic acids is 1. The van der Waals surface area contributed by atoms with Crippen LogP contribution >= 0.6 is 22.9 Å². The topological polar surface area (TPSA) is 66.4 Å². The molecule has 14 heavy (non-hydrogen) atoms. The van der Waals surface area contributed by atoms with Crippen molar-refractivity contribution < 1.29 is 14.7 Å². The zero-order valence-corrected chi connectivity index (χ0v) is 8.64. The summed E-state index contributed by atoms with van der Waals surface area (Å²) in [7, 11) is 0. The minimum atomic E-state index is -0.964. The normalized spacial score (nSPS) is 12.1. The van der Waals surface area contributed by atoms with Gasteiger partial charge in [-0.05, 0) is 6.07 Å². The van der Waals surface area contributed by atoms with Gasteiger partial charge in [-0.1, -0.05) is 11.6 Å². The minimum Gasteiger partial charge on any atom is -0.481 e. The van der Waals surface area contributed by atoms with E-state index in [0.29, 0.717) is 11.4 Å². The molecule has 1 aromatic rings. The Hall–Kier alpha value is -1.07. The highest BCUT2D eigenvalue weighted by Crippen LogP contribution is 2.26. The maximum atomic E-state index is 10.5. The maximum absolute atomic E-state index is 10.5. The van der Waals surface area contributed by atoms with Crippen LogP contribution in [0.4, 0.5) is 0 Å². The van der Waals surface area contributed by atoms with Crippen LogP contribution in [0.15, 0.2) is 11.4 Å². The number of thiophene rings is 1. The van der Waals surface area contributed by atoms with Crippen LogP contribution in [0.1, 0.15) is 17.3 Å². The molecule has 0 saturated heterocycles. The van der Waals surface area contributed by atoms with Crippen LogP contribution in [0.5, 0.6) is 0 Å². The van der Waals surface area contributed by atoms with Crippen LogP contribution in [0, 0.1) is 0 Å². The fraction of sp³-hybridized carbons (Fsp3) is 0.250. The fourth-order valence-corrected chi connectivity index (χ4v) is 2.15. The maximum Gasteiger partial charge on any atom is 0.305 e. The van der Waals surface area contributed by atoms with Gasteiger partial charge >= 0.3 is 5.97 Å². The van der Waals surface area contributed by atoms with Crippen molar-refractivity contribution in [2.45, 2.75) is 12.5 Å². The summed E-state index contributed by atoms with van der Waals surface area (Å²) >= 11 is 7.01. The van der Waals surface area contributed by atoms with Crippen molar-refractivity contribution >= 4 is 35.3 Å². The van der Waals surface area contributed by atoms with Gasteiger partial charge in [-0.2, -0.15) is 0 Å². The van der Waals surface area contributed by atoms with Crippen LogP contribution in [-0.4, -0.2) is 17.5 Å². The van der Waals surface area contributed by atoms with Crippen molar-refractivity contribution in [2.24, 2.45) is 0 Å². The van der Waals surface area contributed by atoms with Gasteiger partial charge in [0.25, 0.3) is 0 Å². The van der Waals surface area contributed by atoms with E-state index in [9.17, 15) is 9.59 Å². The van der Waals surface area contributed by atoms with Crippen LogP contribution in [0.25, 0.3) is 0 Å². The molecule has 0 radical (unpaired) electrons. The average molecular weight is 234 g/mol. The fourth-order valence-electron chi connectivity index (χ4n) is 1.01. The summed E-state index contributed by atoms with van der Waals surface area (Å²) in [6.07, 6.45) is 0.344. The zero-order chi connectivity index (χ0) is 10.6. The summed E-state index contributed by atoms with van der Waals surface area (Å²) < 4.78 is 0. The summed E-state index contributed by atoms with van der Waals surface area (Å²) in [4.78, 5) is 21.5. The quantitative estimate of drug-likeness (QED) is 0.761. The molecular weight excluding hydrogens is 226 g/mol. The Morgan fingerprint density at radius 3 is 2.93 bits per heavy atom. The molecule has 0 aliphatic rings. The number of carboxylic acid groups (broad SMARTS) is 1. The van der Waals surface area contributed by atoms with Gasteiger partial charge in [0.2, 0.25) is 6.41 Å². The number of carboxylic acids is 1. The molecule has 0 spiro atoms. The molecule has 0 aromatic carbocycles. The molecule has 0 fully saturated rings. The van der Waals surface area contributed by atoms with E-state index in [4.69, 9.17) is 16.7 Å². The summed E-state index contributed by atoms with van der Waals surface area (Å²) in [5, 5.41) is 13.3. The molecule has 1 amide bonds. The Balaban J connectivity index is 2.76. The number of halogens is 1. The van der Waals surface area contributed by atoms with Gasteiger partial charge in [0.1, 0.15) is 0 Å². The molecule has 76 valence electrons. The van der Waals surface area contributed by atoms with Gasteiger partial charge in [-0.15, -0.1) is 11.3 Å². The lowest BCUT2D eigenvalue weighted by molar-refractivity contribution is -0.137. The largest absolute Gasteiger partial charge is 0.481 e. The van der Waals surface area contributed by atoms with Gasteiger partial charge in [-0.3, -0.25) is 9.59 Å². The lowest BCUT2D eigenvalue weighted by atomic mass is 10.2. The van der Waals surface area contributed by atoms with Crippen molar-refractivity contribution in [3.63, 3.8) is 0 Å². The predicted molar refractivity (Wildman–Crippen MR) is 53.5 cm³/mol. The summed E-state index contributed by atoms with van der Waals surface area (Å²) in [6, 6.07) is 1.15. The highest BCUT2D eigenvalue weighted by molar-refractivity contribution is 7.10. The van der Waals surface area contributed by atoms with Crippen LogP contribution < -0.4 is 5.32 Å². The first-order valence-corrected chi connectivity index (χ1v) is 5.04. The van der Waals surface area contributed by atoms with Gasteiger partial charge < -0.3 is 10.4 Å². The van der Waals surface area contributed by atoms with Crippen molar-refractivity contribution in [3.05, 3.63) is 21.3 Å². The summed E-state index contributed by atoms with van der Waals surface area (Å²) in [5.74, 6) is -0.964. The molecule has 0 bridgehead atoms. The summed E-state index contributed by atoms with van der Waals surface area (Å²) in [6.45, 7) is 0. The van der Waals surface area contributed by atoms with E-state index in [-0.39, 0.29) is 6.42 Å². The second-order valence-corrected chi connectivity index (χ2v) is 3.98. The Bertz CT molecular complexity index is 339. The molecule has 0 aliphatic heterocycles. The molecule has 1 atom stereocenters. The van der Waals surface area contributed by atoms with E-state index in [0.717, 1.165) is 4.88 Å². The van der Waals surface area contributed by atoms with Crippen LogP contribution in [-0.2, 0) is 9.59 Å². The van der Waals surface area contributed by atoms with E-state index in [2.05, 4.69) is 5.32 Å². The smallest absolute Gasteiger partial charge is 0.305 e. The Morgan fingerprint density at radius 2 is 2.50 bits per heavy atom. The second-order valence-electron chi connectivity index (χ2n) is 2.60. The third kappa shape index (κ3) is 3.01. The van der Waals surface area contributed by atoms with Crippen molar-refractivity contribution in [3.8, 4) is 0 Å². The van der Waals surface area contributed by atoms with Gasteiger partial charge in [0.05, 0.1) is 17.5 Å². The molecule has 6 heteroatoms. The molecule has 0 saturated carbocycles. The molecule has 4 nitrogen and oxygen atoms in total. The minimum absolute atomic E-state index is 0.143. The lowest BCUT2D eigenvalue weighted by Crippen LogP contribution is -2.21. The standard InChI is InChI=1S/C8H8ClNO3S/c9-5-1-7(14-3-5)6(10-4-11)2-8(12)13/h1,3-4,6H,2H2,(H,10,11)(H,12,13). The number of hydrogen-bond acceptors (Lipinski definition) is 3. The molecule has 2 N–H and O–H groups in total. The number of rotatable bonds is 5. The van der Waals surface area contributed by atoms with E-state index in [1.54, 1.807) is 11.4 Å². The predicted octanol–water partition coefficient (Wildman–Crippen LogP) is 1.66. The van der Waals surface area contributed by atoms with E-state index in [1.807, 2.05) is 0 Å². The van der Waals surface area contributed by atoms with E-state index < -0.39 is 12.0 Å². The van der Waals surface area contributed by atoms with Gasteiger partial charge in [0, 0.05) is 10.3 Å². The number of carbonyl (C=O) groups is 2. The highest BCUT2D eigenvalue weighted by atomic mass is 35.5. The van der Waals surface area contributed by atoms with Gasteiger partial charge in [0.15, 0.2) is 0 Å². The van der Waals surface area contributed by atoms with E-state index in [1.165, 1.54) is 11.3 Å². The van der Waals surface area contributed by atoms with Crippen molar-refractivity contribution in [1.82, 2.24) is 5.32 Å². The Kier molecular flexibility index (Phi) is 3.91. The number of amides is 1. The monoisotopic (exact) mass is 233 g/mol.